The van der Waals surface area contributed by atoms with Gasteiger partial charge >= 0.3 is 0 Å². The predicted molar refractivity (Wildman–Crippen MR) is 171 cm³/mol. The molecular formula is C35H29F2N7O3. The number of nitrogens with one attached hydrogen (secondary N) is 3. The summed E-state index contributed by atoms with van der Waals surface area (Å²) < 4.78 is 37.1. The Hall–Kier alpha value is -5.91. The molecule has 3 heterocycles. The number of carbonyl (C=O) groups excluding carboxylic acids is 2. The fourth-order valence-electron chi connectivity index (χ4n) is 5.81. The highest BCUT2D eigenvalue weighted by Crippen LogP contribution is 2.45. The van der Waals surface area contributed by atoms with Gasteiger partial charge in [0.25, 0.3) is 11.8 Å². The lowest BCUT2D eigenvalue weighted by Gasteiger charge is -2.18. The van der Waals surface area contributed by atoms with Crippen molar-refractivity contribution in [3.05, 3.63) is 113 Å². The second-order valence-electron chi connectivity index (χ2n) is 11.4. The van der Waals surface area contributed by atoms with E-state index in [1.165, 1.54) is 49.0 Å². The Balaban J connectivity index is 1.28. The molecule has 3 N–H and O–H groups in total. The highest BCUT2D eigenvalue weighted by Gasteiger charge is 2.49. The lowest BCUT2D eigenvalue weighted by molar-refractivity contribution is 0.0924. The summed E-state index contributed by atoms with van der Waals surface area (Å²) in [5, 5.41) is 18.7. The number of halogens is 2. The fraction of sp³-hybridized carbons (Fsp3) is 0.171. The molecule has 7 rings (SSSR count). The zero-order valence-electron chi connectivity index (χ0n) is 25.7. The molecule has 3 aromatic carbocycles. The van der Waals surface area contributed by atoms with E-state index in [0.29, 0.717) is 46.9 Å². The topological polar surface area (TPSA) is 126 Å². The SMILES string of the molecule is CNC(=O)c1c(-c2ccc(F)cc2)nn2ccc(-c3cc(C(=O)NC4(c5nnc(-c6ccccc6)[nH]5)CC4)c(OC)cc3C)c(F)c12. The number of ether oxygens (including phenoxy) is 1. The first kappa shape index (κ1) is 29.8. The third kappa shape index (κ3) is 5.17. The van der Waals surface area contributed by atoms with E-state index in [1.54, 1.807) is 25.3 Å². The summed E-state index contributed by atoms with van der Waals surface area (Å²) >= 11 is 0. The van der Waals surface area contributed by atoms with Crippen molar-refractivity contribution in [1.82, 2.24) is 35.4 Å². The largest absolute Gasteiger partial charge is 0.496 e. The molecule has 6 aromatic rings. The molecule has 10 nitrogen and oxygen atoms in total. The van der Waals surface area contributed by atoms with Gasteiger partial charge in [-0.15, -0.1) is 10.2 Å². The third-order valence-electron chi connectivity index (χ3n) is 8.48. The molecule has 0 spiro atoms. The normalized spacial score (nSPS) is 13.4. The first-order chi connectivity index (χ1) is 22.7. The number of hydrogen-bond donors (Lipinski definition) is 3. The molecule has 1 saturated carbocycles. The van der Waals surface area contributed by atoms with E-state index < -0.39 is 29.0 Å². The lowest BCUT2D eigenvalue weighted by Crippen LogP contribution is -2.36. The molecule has 0 atom stereocenters. The molecule has 47 heavy (non-hydrogen) atoms. The van der Waals surface area contributed by atoms with E-state index in [9.17, 15) is 14.0 Å². The molecule has 3 aromatic heterocycles. The summed E-state index contributed by atoms with van der Waals surface area (Å²) in [6.45, 7) is 1.78. The molecule has 0 bridgehead atoms. The maximum absolute atomic E-state index is 16.6. The Morgan fingerprint density at radius 2 is 1.68 bits per heavy atom. The molecule has 12 heteroatoms. The summed E-state index contributed by atoms with van der Waals surface area (Å²) in [6.07, 6.45) is 2.87. The minimum atomic E-state index is -0.728. The van der Waals surface area contributed by atoms with E-state index in [2.05, 4.69) is 30.9 Å². The van der Waals surface area contributed by atoms with E-state index in [0.717, 1.165) is 5.56 Å². The molecule has 1 aliphatic rings. The van der Waals surface area contributed by atoms with Gasteiger partial charge in [-0.25, -0.2) is 13.3 Å². The van der Waals surface area contributed by atoms with Crippen LogP contribution < -0.4 is 15.4 Å². The van der Waals surface area contributed by atoms with Crippen LogP contribution in [0.3, 0.4) is 0 Å². The van der Waals surface area contributed by atoms with Crippen molar-refractivity contribution in [2.24, 2.45) is 0 Å². The molecule has 0 saturated heterocycles. The predicted octanol–water partition coefficient (Wildman–Crippen LogP) is 5.83. The van der Waals surface area contributed by atoms with Crippen LogP contribution in [0.2, 0.25) is 0 Å². The van der Waals surface area contributed by atoms with Gasteiger partial charge in [-0.05, 0) is 73.4 Å². The maximum Gasteiger partial charge on any atom is 0.255 e. The van der Waals surface area contributed by atoms with Crippen molar-refractivity contribution in [2.75, 3.05) is 14.2 Å². The van der Waals surface area contributed by atoms with Crippen LogP contribution in [0.15, 0.2) is 79.0 Å². The summed E-state index contributed by atoms with van der Waals surface area (Å²) in [7, 11) is 2.90. The number of hydrogen-bond acceptors (Lipinski definition) is 6. The van der Waals surface area contributed by atoms with Crippen LogP contribution in [-0.2, 0) is 5.54 Å². The molecule has 236 valence electrons. The molecule has 1 aliphatic carbocycles. The highest BCUT2D eigenvalue weighted by atomic mass is 19.1. The van der Waals surface area contributed by atoms with Crippen LogP contribution in [0.25, 0.3) is 39.3 Å². The summed E-state index contributed by atoms with van der Waals surface area (Å²) in [4.78, 5) is 30.2. The number of benzene rings is 3. The van der Waals surface area contributed by atoms with Crippen LogP contribution in [0.1, 0.15) is 44.9 Å². The average Bonchev–Trinajstić information content (AvgIpc) is 3.50. The average molecular weight is 634 g/mol. The quantitative estimate of drug-likeness (QED) is 0.194. The van der Waals surface area contributed by atoms with E-state index in [1.807, 2.05) is 30.3 Å². The van der Waals surface area contributed by atoms with Crippen molar-refractivity contribution < 1.29 is 23.1 Å². The van der Waals surface area contributed by atoms with Gasteiger partial charge in [-0.3, -0.25) is 9.59 Å². The van der Waals surface area contributed by atoms with Crippen LogP contribution >= 0.6 is 0 Å². The fourth-order valence-corrected chi connectivity index (χ4v) is 5.81. The van der Waals surface area contributed by atoms with Gasteiger partial charge in [0.15, 0.2) is 17.5 Å². The van der Waals surface area contributed by atoms with Crippen molar-refractivity contribution >= 4 is 17.3 Å². The van der Waals surface area contributed by atoms with Crippen molar-refractivity contribution in [3.8, 4) is 39.5 Å². The number of rotatable bonds is 8. The minimum absolute atomic E-state index is 0.000180. The number of amides is 2. The molecule has 0 radical (unpaired) electrons. The standard InChI is InChI=1S/C35H29F2N7O3/c1-19-17-26(47-3)25(32(45)40-35(14-15-35)34-39-31(41-42-34)21-7-5-4-6-8-21)18-24(19)23-13-16-44-30(28(23)37)27(33(46)38-2)29(43-44)20-9-11-22(36)12-10-20/h4-13,16-18H,14-15H2,1-3H3,(H,38,46)(H,40,45)(H,39,41,42). The van der Waals surface area contributed by atoms with E-state index in [4.69, 9.17) is 4.74 Å². The van der Waals surface area contributed by atoms with Gasteiger partial charge in [-0.1, -0.05) is 30.3 Å². The van der Waals surface area contributed by atoms with Gasteiger partial charge in [0.2, 0.25) is 0 Å². The number of nitrogens with zero attached hydrogens (tertiary/aromatic N) is 4. The number of H-pyrrole nitrogens is 1. The Morgan fingerprint density at radius 3 is 2.36 bits per heavy atom. The number of methoxy groups -OCH3 is 1. The molecular weight excluding hydrogens is 604 g/mol. The van der Waals surface area contributed by atoms with Gasteiger partial charge < -0.3 is 20.4 Å². The molecule has 1 fully saturated rings. The second kappa shape index (κ2) is 11.5. The number of aromatic amines is 1. The Kier molecular flexibility index (Phi) is 7.27. The summed E-state index contributed by atoms with van der Waals surface area (Å²) in [5.41, 5.74) is 2.17. The van der Waals surface area contributed by atoms with Crippen LogP contribution in [-0.4, -0.2) is 50.8 Å². The Labute approximate surface area is 267 Å². The van der Waals surface area contributed by atoms with Crippen molar-refractivity contribution in [2.45, 2.75) is 25.3 Å². The van der Waals surface area contributed by atoms with Crippen LogP contribution in [0, 0.1) is 18.6 Å². The zero-order chi connectivity index (χ0) is 32.9. The van der Waals surface area contributed by atoms with E-state index in [-0.39, 0.29) is 27.9 Å². The van der Waals surface area contributed by atoms with Crippen molar-refractivity contribution in [1.29, 1.82) is 0 Å². The Bertz CT molecular complexity index is 2170. The molecule has 2 amide bonds. The monoisotopic (exact) mass is 633 g/mol. The second-order valence-corrected chi connectivity index (χ2v) is 11.4. The van der Waals surface area contributed by atoms with Gasteiger partial charge in [-0.2, -0.15) is 5.10 Å². The number of fused-ring (bicyclic) bond motifs is 1. The third-order valence-corrected chi connectivity index (χ3v) is 8.48. The van der Waals surface area contributed by atoms with Crippen molar-refractivity contribution in [3.63, 3.8) is 0 Å². The zero-order valence-corrected chi connectivity index (χ0v) is 25.7. The first-order valence-electron chi connectivity index (χ1n) is 14.9. The number of aryl methyl sites for hydroxylation is 1. The van der Waals surface area contributed by atoms with E-state index >= 15 is 4.39 Å². The molecule has 0 aliphatic heterocycles. The Morgan fingerprint density at radius 1 is 0.936 bits per heavy atom. The number of carbonyl (C=O) groups is 2. The number of aromatic nitrogens is 5. The first-order valence-corrected chi connectivity index (χ1v) is 14.9. The van der Waals surface area contributed by atoms with Gasteiger partial charge in [0.1, 0.15) is 28.3 Å². The molecule has 0 unspecified atom stereocenters. The van der Waals surface area contributed by atoms with Gasteiger partial charge in [0.05, 0.1) is 18.2 Å². The van der Waals surface area contributed by atoms with Crippen LogP contribution in [0.5, 0.6) is 5.75 Å². The minimum Gasteiger partial charge on any atom is -0.496 e. The lowest BCUT2D eigenvalue weighted by atomic mass is 9.96. The van der Waals surface area contributed by atoms with Gasteiger partial charge in [0, 0.05) is 29.9 Å². The summed E-state index contributed by atoms with van der Waals surface area (Å²) in [5.74, 6) is -0.675. The smallest absolute Gasteiger partial charge is 0.255 e. The van der Waals surface area contributed by atoms with Crippen LogP contribution in [0.4, 0.5) is 8.78 Å². The number of pyridine rings is 1. The summed E-state index contributed by atoms with van der Waals surface area (Å²) in [6, 6.07) is 19.8. The maximum atomic E-state index is 16.6. The highest BCUT2D eigenvalue weighted by molar-refractivity contribution is 6.07.